The summed E-state index contributed by atoms with van der Waals surface area (Å²) in [5, 5.41) is 4.10. The number of hydrogen-bond acceptors (Lipinski definition) is 6. The van der Waals surface area contributed by atoms with Crippen molar-refractivity contribution in [2.75, 3.05) is 39.5 Å². The maximum Gasteiger partial charge on any atom is 0.138 e. The van der Waals surface area contributed by atoms with E-state index < -0.39 is 0 Å². The maximum atomic E-state index is 6.08. The van der Waals surface area contributed by atoms with Gasteiger partial charge in [0.15, 0.2) is 0 Å². The van der Waals surface area contributed by atoms with Gasteiger partial charge in [-0.05, 0) is 26.7 Å². The van der Waals surface area contributed by atoms with Crippen molar-refractivity contribution in [3.05, 3.63) is 17.0 Å². The first kappa shape index (κ1) is 15.6. The van der Waals surface area contributed by atoms with Gasteiger partial charge in [-0.3, -0.25) is 9.80 Å². The molecule has 0 amide bonds. The van der Waals surface area contributed by atoms with Crippen LogP contribution in [0.4, 0.5) is 0 Å². The molecular formula is C17H27N3O3. The monoisotopic (exact) mass is 321 g/mol. The number of nitrogens with zero attached hydrogens (tertiary/aromatic N) is 3. The zero-order valence-electron chi connectivity index (χ0n) is 14.2. The average Bonchev–Trinajstić information content (AvgIpc) is 3.15. The van der Waals surface area contributed by atoms with E-state index in [1.54, 1.807) is 0 Å². The quantitative estimate of drug-likeness (QED) is 0.838. The van der Waals surface area contributed by atoms with Gasteiger partial charge in [0, 0.05) is 51.0 Å². The van der Waals surface area contributed by atoms with E-state index in [4.69, 9.17) is 14.0 Å². The van der Waals surface area contributed by atoms with Crippen molar-refractivity contribution in [2.24, 2.45) is 0 Å². The minimum absolute atomic E-state index is 0.340. The van der Waals surface area contributed by atoms with Crippen molar-refractivity contribution in [3.8, 4) is 0 Å². The van der Waals surface area contributed by atoms with Crippen LogP contribution in [0.3, 0.4) is 0 Å². The molecule has 0 aromatic carbocycles. The molecule has 3 saturated heterocycles. The Morgan fingerprint density at radius 3 is 2.70 bits per heavy atom. The summed E-state index contributed by atoms with van der Waals surface area (Å²) in [5.41, 5.74) is 2.26. The Balaban J connectivity index is 1.45. The van der Waals surface area contributed by atoms with E-state index in [0.29, 0.717) is 18.2 Å². The van der Waals surface area contributed by atoms with Crippen molar-refractivity contribution in [2.45, 2.75) is 51.4 Å². The second kappa shape index (κ2) is 6.51. The van der Waals surface area contributed by atoms with Gasteiger partial charge in [-0.15, -0.1) is 0 Å². The molecule has 4 rings (SSSR count). The number of aryl methyl sites for hydroxylation is 2. The van der Waals surface area contributed by atoms with E-state index >= 15 is 0 Å². The lowest BCUT2D eigenvalue weighted by Crippen LogP contribution is -2.50. The Morgan fingerprint density at radius 2 is 1.96 bits per heavy atom. The highest BCUT2D eigenvalue weighted by Gasteiger charge is 2.42. The molecule has 0 unspecified atom stereocenters. The lowest BCUT2D eigenvalue weighted by molar-refractivity contribution is -0.0509. The fraction of sp³-hybridized carbons (Fsp3) is 0.824. The van der Waals surface area contributed by atoms with E-state index in [2.05, 4.69) is 15.0 Å². The average molecular weight is 321 g/mol. The zero-order chi connectivity index (χ0) is 15.8. The highest BCUT2D eigenvalue weighted by atomic mass is 16.5. The van der Waals surface area contributed by atoms with Crippen LogP contribution in [0.1, 0.15) is 29.9 Å². The van der Waals surface area contributed by atoms with Crippen molar-refractivity contribution in [1.29, 1.82) is 0 Å². The maximum absolute atomic E-state index is 6.08. The van der Waals surface area contributed by atoms with Crippen LogP contribution in [-0.4, -0.2) is 72.6 Å². The van der Waals surface area contributed by atoms with E-state index in [1.807, 2.05) is 13.8 Å². The molecule has 0 saturated carbocycles. The Labute approximate surface area is 137 Å². The van der Waals surface area contributed by atoms with Crippen molar-refractivity contribution in [3.63, 3.8) is 0 Å². The summed E-state index contributed by atoms with van der Waals surface area (Å²) in [4.78, 5) is 5.20. The molecule has 3 aliphatic heterocycles. The molecule has 2 atom stereocenters. The van der Waals surface area contributed by atoms with Crippen LogP contribution in [0.15, 0.2) is 4.52 Å². The number of ether oxygens (including phenoxy) is 2. The van der Waals surface area contributed by atoms with Gasteiger partial charge in [0.25, 0.3) is 0 Å². The molecular weight excluding hydrogens is 294 g/mol. The van der Waals surface area contributed by atoms with Gasteiger partial charge in [0.05, 0.1) is 24.4 Å². The Morgan fingerprint density at radius 1 is 1.13 bits per heavy atom. The third-order valence-corrected chi connectivity index (χ3v) is 5.69. The number of aromatic nitrogens is 1. The van der Waals surface area contributed by atoms with Crippen LogP contribution < -0.4 is 0 Å². The van der Waals surface area contributed by atoms with Gasteiger partial charge in [0.2, 0.25) is 0 Å². The van der Waals surface area contributed by atoms with Gasteiger partial charge < -0.3 is 14.0 Å². The van der Waals surface area contributed by atoms with E-state index in [1.165, 1.54) is 5.56 Å². The van der Waals surface area contributed by atoms with Crippen LogP contribution >= 0.6 is 0 Å². The fourth-order valence-corrected chi connectivity index (χ4v) is 4.26. The largest absolute Gasteiger partial charge is 0.381 e. The molecule has 0 bridgehead atoms. The van der Waals surface area contributed by atoms with E-state index in [-0.39, 0.29) is 0 Å². The molecule has 0 aliphatic carbocycles. The first-order chi connectivity index (χ1) is 11.2. The van der Waals surface area contributed by atoms with Crippen molar-refractivity contribution >= 4 is 0 Å². The number of hydrogen-bond donors (Lipinski definition) is 0. The highest BCUT2D eigenvalue weighted by molar-refractivity contribution is 5.21. The minimum atomic E-state index is 0.340. The van der Waals surface area contributed by atoms with Gasteiger partial charge in [-0.25, -0.2) is 0 Å². The molecule has 23 heavy (non-hydrogen) atoms. The van der Waals surface area contributed by atoms with Gasteiger partial charge in [-0.2, -0.15) is 0 Å². The van der Waals surface area contributed by atoms with Crippen LogP contribution in [0.5, 0.6) is 0 Å². The second-order valence-electron chi connectivity index (χ2n) is 7.05. The van der Waals surface area contributed by atoms with Crippen LogP contribution in [0, 0.1) is 13.8 Å². The van der Waals surface area contributed by atoms with Crippen LogP contribution in [0.25, 0.3) is 0 Å². The molecule has 6 heteroatoms. The summed E-state index contributed by atoms with van der Waals surface area (Å²) >= 11 is 0. The number of rotatable bonds is 3. The van der Waals surface area contributed by atoms with E-state index in [0.717, 1.165) is 70.3 Å². The molecule has 1 aromatic rings. The highest BCUT2D eigenvalue weighted by Crippen LogP contribution is 2.29. The Bertz CT molecular complexity index is 522. The molecule has 3 fully saturated rings. The third-order valence-electron chi connectivity index (χ3n) is 5.69. The first-order valence-electron chi connectivity index (χ1n) is 8.81. The van der Waals surface area contributed by atoms with Crippen LogP contribution in [-0.2, 0) is 16.0 Å². The fourth-order valence-electron chi connectivity index (χ4n) is 4.26. The molecule has 0 radical (unpaired) electrons. The predicted molar refractivity (Wildman–Crippen MR) is 85.3 cm³/mol. The second-order valence-corrected chi connectivity index (χ2v) is 7.05. The van der Waals surface area contributed by atoms with Crippen molar-refractivity contribution in [1.82, 2.24) is 15.0 Å². The molecule has 3 aliphatic rings. The summed E-state index contributed by atoms with van der Waals surface area (Å²) in [7, 11) is 0. The third kappa shape index (κ3) is 3.05. The summed E-state index contributed by atoms with van der Waals surface area (Å²) in [6, 6.07) is 1.15. The summed E-state index contributed by atoms with van der Waals surface area (Å²) in [6.45, 7) is 10.8. The molecule has 128 valence electrons. The predicted octanol–water partition coefficient (Wildman–Crippen LogP) is 1.36. The number of morpholine rings is 1. The molecule has 0 spiro atoms. The minimum Gasteiger partial charge on any atom is -0.381 e. The number of fused-ring (bicyclic) bond motifs is 1. The zero-order valence-corrected chi connectivity index (χ0v) is 14.2. The molecule has 4 heterocycles. The summed E-state index contributed by atoms with van der Waals surface area (Å²) in [5.74, 6) is 0.949. The number of likely N-dealkylation sites (tertiary alicyclic amines) is 1. The van der Waals surface area contributed by atoms with Gasteiger partial charge >= 0.3 is 0 Å². The lowest BCUT2D eigenvalue weighted by atomic mass is 10.1. The Hall–Kier alpha value is -0.950. The summed E-state index contributed by atoms with van der Waals surface area (Å²) < 4.78 is 16.9. The van der Waals surface area contributed by atoms with Gasteiger partial charge in [-0.1, -0.05) is 5.16 Å². The van der Waals surface area contributed by atoms with Crippen molar-refractivity contribution < 1.29 is 14.0 Å². The van der Waals surface area contributed by atoms with Crippen LogP contribution in [0.2, 0.25) is 0 Å². The smallest absolute Gasteiger partial charge is 0.138 e. The standard InChI is InChI=1S/C17H27N3O3/c1-12-15(13(2)23-18-12)9-19-5-8-22-17-11-20(10-16(17)19)14-3-6-21-7-4-14/h14,16-17H,3-11H2,1-2H3/t16-,17+/m0/s1. The Kier molecular flexibility index (Phi) is 4.41. The topological polar surface area (TPSA) is 51.0 Å². The van der Waals surface area contributed by atoms with Gasteiger partial charge in [0.1, 0.15) is 5.76 Å². The molecule has 6 nitrogen and oxygen atoms in total. The lowest BCUT2D eigenvalue weighted by Gasteiger charge is -2.37. The molecule has 0 N–H and O–H groups in total. The SMILES string of the molecule is Cc1noc(C)c1CN1CCO[C@@H]2CN(C3CCOCC3)C[C@@H]21. The molecule has 1 aromatic heterocycles. The first-order valence-corrected chi connectivity index (χ1v) is 8.81. The normalized spacial score (nSPS) is 30.7. The summed E-state index contributed by atoms with van der Waals surface area (Å²) in [6.07, 6.45) is 2.65. The van der Waals surface area contributed by atoms with E-state index in [9.17, 15) is 0 Å².